The number of benzene rings is 4. The van der Waals surface area contributed by atoms with Gasteiger partial charge in [0.25, 0.3) is 0 Å². The van der Waals surface area contributed by atoms with Crippen molar-refractivity contribution >= 4 is 37.7 Å². The lowest BCUT2D eigenvalue weighted by atomic mass is 9.67. The molecule has 0 amide bonds. The van der Waals surface area contributed by atoms with E-state index in [4.69, 9.17) is 18.9 Å². The number of aliphatic hydroxyl groups is 2. The molecule has 0 fully saturated rings. The highest BCUT2D eigenvalue weighted by atomic mass is 28.3. The third kappa shape index (κ3) is 6.00. The second-order valence-electron chi connectivity index (χ2n) is 17.8. The van der Waals surface area contributed by atoms with Crippen LogP contribution in [0.3, 0.4) is 0 Å². The maximum absolute atomic E-state index is 13.7. The number of rotatable bonds is 6. The number of fused-ring (bicyclic) bond motifs is 6. The topological polar surface area (TPSA) is 77.4 Å². The van der Waals surface area contributed by atoms with Gasteiger partial charge >= 0.3 is 0 Å². The Bertz CT molecular complexity index is 2090. The Hall–Kier alpha value is -4.45. The zero-order valence-electron chi connectivity index (χ0n) is 34.9. The molecule has 0 saturated carbocycles. The van der Waals surface area contributed by atoms with Crippen molar-refractivity contribution in [2.24, 2.45) is 0 Å². The fraction of sp³-hybridized carbons (Fsp3) is 0.417. The van der Waals surface area contributed by atoms with Gasteiger partial charge in [0.05, 0.1) is 0 Å². The number of ether oxygens (including phenoxy) is 4. The molecule has 0 unspecified atom stereocenters. The Kier molecular flexibility index (Phi) is 10.1. The molecule has 6 nitrogen and oxygen atoms in total. The largest absolute Gasteiger partial charge is 0.458 e. The normalized spacial score (nSPS) is 19.8. The van der Waals surface area contributed by atoms with E-state index in [-0.39, 0.29) is 0 Å². The summed E-state index contributed by atoms with van der Waals surface area (Å²) in [6.45, 7) is 27.3. The molecule has 0 aromatic heterocycles. The summed E-state index contributed by atoms with van der Waals surface area (Å²) in [6.07, 6.45) is 6.04. The molecule has 0 atom stereocenters. The summed E-state index contributed by atoms with van der Waals surface area (Å²) in [5, 5.41) is 30.6. The minimum atomic E-state index is -2.36. The van der Waals surface area contributed by atoms with Crippen LogP contribution in [-0.2, 0) is 11.2 Å². The smallest absolute Gasteiger partial charge is 0.177 e. The highest BCUT2D eigenvalue weighted by Crippen LogP contribution is 2.53. The summed E-state index contributed by atoms with van der Waals surface area (Å²) >= 11 is 0. The SMILES string of the molecule is CC(C)[Si](C#CC1(O)c2cc3cc4c(cc3cc2C(O)(C#C[Si](C(C)C)(C(C)C)C(C)C)c2cc3cc5c(cc3cc21)OC=CO5)OC=CO4)(C(C)C)C(C)C. The maximum Gasteiger partial charge on any atom is 0.177 e. The van der Waals surface area contributed by atoms with Gasteiger partial charge in [-0.3, -0.25) is 0 Å². The zero-order chi connectivity index (χ0) is 40.5. The lowest BCUT2D eigenvalue weighted by Gasteiger charge is -2.43. The second-order valence-corrected chi connectivity index (χ2v) is 29.0. The van der Waals surface area contributed by atoms with Crippen LogP contribution in [0.1, 0.15) is 105 Å². The van der Waals surface area contributed by atoms with Crippen molar-refractivity contribution in [2.45, 2.75) is 128 Å². The van der Waals surface area contributed by atoms with Gasteiger partial charge in [-0.1, -0.05) is 94.9 Å². The van der Waals surface area contributed by atoms with Crippen molar-refractivity contribution in [3.05, 3.63) is 95.8 Å². The van der Waals surface area contributed by atoms with Gasteiger partial charge in [0, 0.05) is 22.3 Å². The van der Waals surface area contributed by atoms with Crippen LogP contribution in [0.5, 0.6) is 23.0 Å². The quantitative estimate of drug-likeness (QED) is 0.150. The Morgan fingerprint density at radius 2 is 0.607 bits per heavy atom. The molecule has 3 aliphatic rings. The van der Waals surface area contributed by atoms with Gasteiger partial charge in [-0.15, -0.1) is 11.1 Å². The number of hydrogen-bond donors (Lipinski definition) is 2. The zero-order valence-corrected chi connectivity index (χ0v) is 36.9. The predicted octanol–water partition coefficient (Wildman–Crippen LogP) is 11.7. The summed E-state index contributed by atoms with van der Waals surface area (Å²) in [5.41, 5.74) is 8.22. The fourth-order valence-electron chi connectivity index (χ4n) is 10.4. The van der Waals surface area contributed by atoms with Crippen molar-refractivity contribution < 1.29 is 29.2 Å². The van der Waals surface area contributed by atoms with Gasteiger partial charge in [-0.25, -0.2) is 0 Å². The third-order valence-electron chi connectivity index (χ3n) is 13.2. The van der Waals surface area contributed by atoms with Crippen molar-refractivity contribution in [3.8, 4) is 45.9 Å². The molecule has 7 rings (SSSR count). The Morgan fingerprint density at radius 3 is 0.804 bits per heavy atom. The van der Waals surface area contributed by atoms with E-state index >= 15 is 0 Å². The molecule has 0 saturated heterocycles. The fourth-order valence-corrected chi connectivity index (χ4v) is 20.9. The minimum absolute atomic E-state index is 0.340. The van der Waals surface area contributed by atoms with Gasteiger partial charge in [0.15, 0.2) is 34.2 Å². The van der Waals surface area contributed by atoms with Crippen LogP contribution in [0.25, 0.3) is 21.5 Å². The summed E-state index contributed by atoms with van der Waals surface area (Å²) in [6, 6.07) is 15.6. The highest BCUT2D eigenvalue weighted by molar-refractivity contribution is 6.91. The Morgan fingerprint density at radius 1 is 0.393 bits per heavy atom. The average molecular weight is 785 g/mol. The van der Waals surface area contributed by atoms with E-state index in [2.05, 4.69) is 106 Å². The summed E-state index contributed by atoms with van der Waals surface area (Å²) in [5.74, 6) is 9.47. The van der Waals surface area contributed by atoms with Crippen LogP contribution >= 0.6 is 0 Å². The van der Waals surface area contributed by atoms with Crippen molar-refractivity contribution in [1.82, 2.24) is 0 Å². The van der Waals surface area contributed by atoms with E-state index in [0.717, 1.165) is 21.5 Å². The molecule has 56 heavy (non-hydrogen) atoms. The minimum Gasteiger partial charge on any atom is -0.458 e. The van der Waals surface area contributed by atoms with Crippen LogP contribution in [0.2, 0.25) is 33.2 Å². The molecular weight excluding hydrogens is 729 g/mol. The van der Waals surface area contributed by atoms with Gasteiger partial charge in [-0.05, 0) is 103 Å². The highest BCUT2D eigenvalue weighted by Gasteiger charge is 2.51. The van der Waals surface area contributed by atoms with Crippen molar-refractivity contribution in [2.75, 3.05) is 0 Å². The van der Waals surface area contributed by atoms with Crippen LogP contribution in [-0.4, -0.2) is 26.4 Å². The molecule has 0 spiro atoms. The molecule has 2 N–H and O–H groups in total. The van der Waals surface area contributed by atoms with Gasteiger partial charge in [-0.2, -0.15) is 0 Å². The van der Waals surface area contributed by atoms with Gasteiger partial charge < -0.3 is 29.2 Å². The average Bonchev–Trinajstić information content (AvgIpc) is 3.14. The summed E-state index contributed by atoms with van der Waals surface area (Å²) in [7, 11) is -4.71. The number of hydrogen-bond acceptors (Lipinski definition) is 6. The molecule has 8 heteroatoms. The van der Waals surface area contributed by atoms with Gasteiger partial charge in [0.2, 0.25) is 0 Å². The molecule has 0 bridgehead atoms. The molecule has 2 heterocycles. The first-order valence-electron chi connectivity index (χ1n) is 20.2. The van der Waals surface area contributed by atoms with E-state index in [1.807, 2.05) is 48.5 Å². The lowest BCUT2D eigenvalue weighted by molar-refractivity contribution is 0.0950. The predicted molar refractivity (Wildman–Crippen MR) is 232 cm³/mol. The molecule has 2 aliphatic heterocycles. The Balaban J connectivity index is 1.64. The molecule has 292 valence electrons. The first-order chi connectivity index (χ1) is 26.4. The first kappa shape index (κ1) is 39.8. The van der Waals surface area contributed by atoms with Crippen LogP contribution in [0, 0.1) is 22.9 Å². The maximum atomic E-state index is 13.7. The van der Waals surface area contributed by atoms with E-state index in [0.29, 0.717) is 78.5 Å². The molecular formula is C48H56O6Si2. The third-order valence-corrected chi connectivity index (χ3v) is 25.8. The summed E-state index contributed by atoms with van der Waals surface area (Å²) in [4.78, 5) is 0. The monoisotopic (exact) mass is 784 g/mol. The van der Waals surface area contributed by atoms with Crippen molar-refractivity contribution in [3.63, 3.8) is 0 Å². The van der Waals surface area contributed by atoms with E-state index in [9.17, 15) is 10.2 Å². The van der Waals surface area contributed by atoms with E-state index in [1.54, 1.807) is 0 Å². The van der Waals surface area contributed by atoms with Gasteiger partial charge in [0.1, 0.15) is 41.2 Å². The first-order valence-corrected chi connectivity index (χ1v) is 24.6. The molecule has 0 radical (unpaired) electrons. The molecule has 4 aromatic rings. The summed E-state index contributed by atoms with van der Waals surface area (Å²) < 4.78 is 23.4. The molecule has 4 aromatic carbocycles. The second kappa shape index (κ2) is 14.2. The van der Waals surface area contributed by atoms with Crippen LogP contribution in [0.4, 0.5) is 0 Å². The van der Waals surface area contributed by atoms with Crippen molar-refractivity contribution in [1.29, 1.82) is 0 Å². The molecule has 1 aliphatic carbocycles. The van der Waals surface area contributed by atoms with E-state index in [1.165, 1.54) is 25.0 Å². The van der Waals surface area contributed by atoms with E-state index < -0.39 is 27.3 Å². The van der Waals surface area contributed by atoms with Crippen LogP contribution < -0.4 is 18.9 Å². The standard InChI is InChI=1S/C48H56O6Si2/c1-29(2)55(30(3)4,31(5)6)19-13-47(49)39-21-35-25-43-45(53-17-15-51-43)27-37(35)23-41(39)48(50,14-20-56(32(7)8,33(9)10)34(11)12)42-24-38-28-46-44(52-16-18-54-46)26-36(38)22-40(42)47/h15-18,21-34,49-50H,1-12H3. The lowest BCUT2D eigenvalue weighted by Crippen LogP contribution is -2.46. The van der Waals surface area contributed by atoms with Crippen LogP contribution in [0.15, 0.2) is 73.6 Å². The Labute approximate surface area is 334 Å².